The first-order chi connectivity index (χ1) is 38.9. The molecule has 0 spiro atoms. The number of hydrogen-bond donors (Lipinski definition) is 17. The molecule has 30 nitrogen and oxygen atoms in total. The van der Waals surface area contributed by atoms with E-state index in [4.69, 9.17) is 11.5 Å². The maximum atomic E-state index is 13.8. The number of aliphatic hydroxyl groups is 2. The molecular formula is C53H93N15O15. The van der Waals surface area contributed by atoms with Gasteiger partial charge in [0, 0.05) is 18.3 Å². The summed E-state index contributed by atoms with van der Waals surface area (Å²) in [5.41, 5.74) is 11.5. The number of amides is 11. The number of nitrogens with one attached hydrogen (secondary N) is 12. The van der Waals surface area contributed by atoms with E-state index in [0.717, 1.165) is 0 Å². The number of hydrogen-bond acceptors (Lipinski definition) is 17. The van der Waals surface area contributed by atoms with Crippen molar-refractivity contribution in [3.05, 3.63) is 18.2 Å². The minimum Gasteiger partial charge on any atom is -0.480 e. The summed E-state index contributed by atoms with van der Waals surface area (Å²) in [6.07, 6.45) is 3.95. The maximum absolute atomic E-state index is 13.8. The van der Waals surface area contributed by atoms with E-state index < -0.39 is 163 Å². The van der Waals surface area contributed by atoms with Crippen molar-refractivity contribution in [2.75, 3.05) is 32.8 Å². The highest BCUT2D eigenvalue weighted by Gasteiger charge is 2.36. The zero-order chi connectivity index (χ0) is 63.3. The number of carbonyl (C=O) groups is 12. The second kappa shape index (κ2) is 37.7. The first kappa shape index (κ1) is 73.7. The van der Waals surface area contributed by atoms with Crippen LogP contribution in [0, 0.1) is 29.6 Å². The molecule has 0 saturated heterocycles. The second-order valence-electron chi connectivity index (χ2n) is 22.3. The van der Waals surface area contributed by atoms with Crippen LogP contribution in [0.15, 0.2) is 12.5 Å². The first-order valence-corrected chi connectivity index (χ1v) is 28.0. The molecule has 0 bridgehead atoms. The number of aliphatic carboxylic acids is 1. The smallest absolute Gasteiger partial charge is 0.326 e. The van der Waals surface area contributed by atoms with Crippen LogP contribution in [-0.2, 0) is 64.0 Å². The number of H-pyrrole nitrogens is 1. The highest BCUT2D eigenvalue weighted by molar-refractivity contribution is 5.99. The van der Waals surface area contributed by atoms with Crippen LogP contribution in [0.4, 0.5) is 0 Å². The minimum absolute atomic E-state index is 0.0308. The Hall–Kier alpha value is -7.31. The normalized spacial score (nSPS) is 15.0. The Balaban J connectivity index is 3.07. The molecule has 0 aliphatic carbocycles. The number of carbonyl (C=O) groups excluding carboxylic acids is 11. The number of aromatic amines is 1. The largest absolute Gasteiger partial charge is 0.480 e. The summed E-state index contributed by atoms with van der Waals surface area (Å²) in [5, 5.41) is 57.4. The number of carboxylic acids is 1. The lowest BCUT2D eigenvalue weighted by Gasteiger charge is -2.28. The summed E-state index contributed by atoms with van der Waals surface area (Å²) in [4.78, 5) is 166. The van der Waals surface area contributed by atoms with Gasteiger partial charge in [0.2, 0.25) is 65.0 Å². The lowest BCUT2D eigenvalue weighted by Crippen LogP contribution is -2.61. The molecule has 30 heteroatoms. The molecule has 0 aliphatic rings. The van der Waals surface area contributed by atoms with E-state index >= 15 is 0 Å². The molecule has 1 rings (SSSR count). The van der Waals surface area contributed by atoms with Gasteiger partial charge in [-0.2, -0.15) is 0 Å². The van der Waals surface area contributed by atoms with Crippen molar-refractivity contribution in [1.82, 2.24) is 68.5 Å². The predicted octanol–water partition coefficient (Wildman–Crippen LogP) is -4.46. The first-order valence-electron chi connectivity index (χ1n) is 28.0. The number of aliphatic hydroxyl groups excluding tert-OH is 2. The van der Waals surface area contributed by atoms with E-state index in [0.29, 0.717) is 18.5 Å². The molecule has 0 aliphatic heterocycles. The Morgan fingerprint density at radius 1 is 0.482 bits per heavy atom. The van der Waals surface area contributed by atoms with Gasteiger partial charge in [0.1, 0.15) is 60.4 Å². The summed E-state index contributed by atoms with van der Waals surface area (Å²) in [6.45, 7) is 15.7. The van der Waals surface area contributed by atoms with Gasteiger partial charge in [0.05, 0.1) is 32.6 Å². The van der Waals surface area contributed by atoms with Gasteiger partial charge >= 0.3 is 5.97 Å². The van der Waals surface area contributed by atoms with E-state index in [-0.39, 0.29) is 62.9 Å². The van der Waals surface area contributed by atoms with Crippen molar-refractivity contribution in [1.29, 1.82) is 0 Å². The molecule has 1 aromatic rings. The Labute approximate surface area is 484 Å². The molecule has 11 amide bonds. The Bertz CT molecular complexity index is 2300. The van der Waals surface area contributed by atoms with E-state index in [1.54, 1.807) is 55.4 Å². The molecule has 0 unspecified atom stereocenters. The highest BCUT2D eigenvalue weighted by atomic mass is 16.4. The standard InChI is InChI=1S/C53H93N15O15/c1-26(2)16-34(64-52(81)43(30(9)10)68-50(79)39(24-70)66-48(77)36(18-28(5)6)63-47(76)35(17-27(3)4)60-40(71)20-55)45(74)57-22-41(72)61-38(23-69)49(78)67-42(29(7)8)51(80)59-31(11)44(73)62-33(14-12-13-15-54)46(75)65-37(53(82)83)19-32-21-56-25-58-32/h21,25-31,33-39,42-43,69-70H,12-20,22-24,54-55H2,1-11H3,(H,56,58)(H,57,74)(H,59,80)(H,60,71)(H,61,72)(H,62,73)(H,63,76)(H,64,81)(H,65,75)(H,66,77)(H,67,78)(H,68,79)(H,82,83)/t31-,33-,34-,35-,36-,37-,38-,39-,42-,43-/m0/s1. The van der Waals surface area contributed by atoms with Crippen molar-refractivity contribution in [2.24, 2.45) is 41.1 Å². The van der Waals surface area contributed by atoms with Crippen molar-refractivity contribution >= 4 is 70.9 Å². The van der Waals surface area contributed by atoms with Gasteiger partial charge < -0.3 is 90.3 Å². The van der Waals surface area contributed by atoms with E-state index in [9.17, 15) is 72.9 Å². The van der Waals surface area contributed by atoms with Crippen molar-refractivity contribution in [3.63, 3.8) is 0 Å². The number of nitrogens with two attached hydrogens (primary N) is 2. The highest BCUT2D eigenvalue weighted by Crippen LogP contribution is 2.13. The number of carboxylic acid groups (broad SMARTS) is 1. The van der Waals surface area contributed by atoms with Crippen LogP contribution in [0.3, 0.4) is 0 Å². The molecule has 0 fully saturated rings. The van der Waals surface area contributed by atoms with Crippen LogP contribution < -0.4 is 70.0 Å². The average Bonchev–Trinajstić information content (AvgIpc) is 3.95. The van der Waals surface area contributed by atoms with E-state index in [1.165, 1.54) is 19.4 Å². The number of unbranched alkanes of at least 4 members (excludes halogenated alkanes) is 1. The predicted molar refractivity (Wildman–Crippen MR) is 302 cm³/mol. The summed E-state index contributed by atoms with van der Waals surface area (Å²) in [5.74, 6) is -12.2. The van der Waals surface area contributed by atoms with Crippen LogP contribution in [0.1, 0.15) is 120 Å². The SMILES string of the molecule is CC(C)C[C@H](NC(=O)CN)C(=O)N[C@@H](CC(C)C)C(=O)N[C@@H](CO)C(=O)N[C@H](C(=O)N[C@@H](CC(C)C)C(=O)NCC(=O)N[C@@H](CO)C(=O)N[C@H](C(=O)N[C@@H](C)C(=O)N[C@@H](CCCCN)C(=O)N[C@@H](Cc1cnc[nH]1)C(=O)O)C(C)C)C(C)C. The summed E-state index contributed by atoms with van der Waals surface area (Å²) < 4.78 is 0. The second-order valence-corrected chi connectivity index (χ2v) is 22.3. The Kier molecular flexibility index (Phi) is 33.5. The molecule has 10 atom stereocenters. The van der Waals surface area contributed by atoms with Gasteiger partial charge in [-0.3, -0.25) is 52.7 Å². The van der Waals surface area contributed by atoms with Crippen LogP contribution in [-0.4, -0.2) is 190 Å². The van der Waals surface area contributed by atoms with Gasteiger partial charge in [-0.05, 0) is 81.6 Å². The van der Waals surface area contributed by atoms with Crippen molar-refractivity contribution in [3.8, 4) is 0 Å². The Morgan fingerprint density at radius 2 is 0.892 bits per heavy atom. The summed E-state index contributed by atoms with van der Waals surface area (Å²) in [7, 11) is 0. The summed E-state index contributed by atoms with van der Waals surface area (Å²) in [6, 6.07) is -13.4. The van der Waals surface area contributed by atoms with Gasteiger partial charge in [-0.1, -0.05) is 69.2 Å². The molecule has 0 saturated carbocycles. The summed E-state index contributed by atoms with van der Waals surface area (Å²) >= 11 is 0. The number of aromatic nitrogens is 2. The van der Waals surface area contributed by atoms with Crippen LogP contribution in [0.25, 0.3) is 0 Å². The molecule has 1 aromatic heterocycles. The number of imidazole rings is 1. The molecule has 19 N–H and O–H groups in total. The van der Waals surface area contributed by atoms with Crippen molar-refractivity contribution < 1.29 is 72.9 Å². The Morgan fingerprint density at radius 3 is 1.34 bits per heavy atom. The zero-order valence-corrected chi connectivity index (χ0v) is 49.6. The fourth-order valence-electron chi connectivity index (χ4n) is 8.19. The molecule has 1 heterocycles. The third-order valence-electron chi connectivity index (χ3n) is 12.7. The fraction of sp³-hybridized carbons (Fsp3) is 0.717. The average molecular weight is 1180 g/mol. The monoisotopic (exact) mass is 1180 g/mol. The van der Waals surface area contributed by atoms with E-state index in [2.05, 4.69) is 68.5 Å². The van der Waals surface area contributed by atoms with Gasteiger partial charge in [-0.25, -0.2) is 9.78 Å². The molecule has 0 radical (unpaired) electrons. The van der Waals surface area contributed by atoms with Gasteiger partial charge in [0.25, 0.3) is 0 Å². The van der Waals surface area contributed by atoms with Gasteiger partial charge in [-0.15, -0.1) is 0 Å². The molecule has 0 aromatic carbocycles. The zero-order valence-electron chi connectivity index (χ0n) is 49.6. The molecular weight excluding hydrogens is 1090 g/mol. The van der Waals surface area contributed by atoms with Crippen LogP contribution in [0.5, 0.6) is 0 Å². The van der Waals surface area contributed by atoms with Crippen molar-refractivity contribution in [2.45, 2.75) is 182 Å². The molecule has 470 valence electrons. The lowest BCUT2D eigenvalue weighted by molar-refractivity contribution is -0.142. The number of rotatable bonds is 39. The fourth-order valence-corrected chi connectivity index (χ4v) is 8.19. The van der Waals surface area contributed by atoms with Crippen LogP contribution in [0.2, 0.25) is 0 Å². The van der Waals surface area contributed by atoms with E-state index in [1.807, 2.05) is 13.8 Å². The third kappa shape index (κ3) is 27.5. The maximum Gasteiger partial charge on any atom is 0.326 e. The van der Waals surface area contributed by atoms with Gasteiger partial charge in [0.15, 0.2) is 0 Å². The molecule has 83 heavy (non-hydrogen) atoms. The lowest BCUT2D eigenvalue weighted by atomic mass is 9.99. The van der Waals surface area contributed by atoms with Crippen LogP contribution >= 0.6 is 0 Å². The quantitative estimate of drug-likeness (QED) is 0.0277. The minimum atomic E-state index is -1.66. The third-order valence-corrected chi connectivity index (χ3v) is 12.7. The number of nitrogens with zero attached hydrogens (tertiary/aromatic N) is 1. The topological polar surface area (TPSA) is 479 Å².